The highest BCUT2D eigenvalue weighted by atomic mass is 127. The minimum atomic E-state index is 0.131. The molecule has 1 rings (SSSR count). The SMILES string of the molecule is OCc1cc(I)cc(CC[Si])c1. The number of rotatable bonds is 3. The van der Waals surface area contributed by atoms with E-state index >= 15 is 0 Å². The highest BCUT2D eigenvalue weighted by Gasteiger charge is 1.97. The van der Waals surface area contributed by atoms with Crippen molar-refractivity contribution in [1.82, 2.24) is 0 Å². The molecule has 3 radical (unpaired) electrons. The molecule has 12 heavy (non-hydrogen) atoms. The van der Waals surface area contributed by atoms with Gasteiger partial charge >= 0.3 is 0 Å². The minimum Gasteiger partial charge on any atom is -0.392 e. The summed E-state index contributed by atoms with van der Waals surface area (Å²) in [5, 5.41) is 8.94. The maximum atomic E-state index is 8.94. The topological polar surface area (TPSA) is 20.2 Å². The quantitative estimate of drug-likeness (QED) is 0.666. The zero-order chi connectivity index (χ0) is 8.97. The van der Waals surface area contributed by atoms with Crippen molar-refractivity contribution in [2.24, 2.45) is 0 Å². The van der Waals surface area contributed by atoms with Crippen LogP contribution in [0.25, 0.3) is 0 Å². The molecule has 1 aromatic rings. The van der Waals surface area contributed by atoms with Crippen LogP contribution < -0.4 is 0 Å². The number of aliphatic hydroxyl groups is 1. The van der Waals surface area contributed by atoms with E-state index in [1.807, 2.05) is 12.1 Å². The Kier molecular flexibility index (Phi) is 4.24. The molecule has 1 N–H and O–H groups in total. The van der Waals surface area contributed by atoms with Gasteiger partial charge in [-0.25, -0.2) is 0 Å². The largest absolute Gasteiger partial charge is 0.392 e. The Morgan fingerprint density at radius 2 is 1.92 bits per heavy atom. The molecule has 1 nitrogen and oxygen atoms in total. The third-order valence-electron chi connectivity index (χ3n) is 1.61. The van der Waals surface area contributed by atoms with Crippen molar-refractivity contribution < 1.29 is 5.11 Å². The molecule has 0 saturated heterocycles. The second-order valence-corrected chi connectivity index (χ2v) is 4.37. The van der Waals surface area contributed by atoms with E-state index in [2.05, 4.69) is 38.9 Å². The van der Waals surface area contributed by atoms with Gasteiger partial charge in [0.2, 0.25) is 0 Å². The van der Waals surface area contributed by atoms with Crippen molar-refractivity contribution in [2.45, 2.75) is 19.1 Å². The predicted octanol–water partition coefficient (Wildman–Crippen LogP) is 1.91. The summed E-state index contributed by atoms with van der Waals surface area (Å²) in [7, 11) is 3.44. The van der Waals surface area contributed by atoms with Gasteiger partial charge in [-0.3, -0.25) is 0 Å². The van der Waals surface area contributed by atoms with Crippen LogP contribution in [-0.2, 0) is 13.0 Å². The Morgan fingerprint density at radius 3 is 2.50 bits per heavy atom. The molecule has 0 aromatic heterocycles. The van der Waals surface area contributed by atoms with Crippen LogP contribution in [0.2, 0.25) is 6.04 Å². The number of hydrogen-bond acceptors (Lipinski definition) is 1. The lowest BCUT2D eigenvalue weighted by Crippen LogP contribution is -1.90. The summed E-state index contributed by atoms with van der Waals surface area (Å²) in [5.74, 6) is 0. The summed E-state index contributed by atoms with van der Waals surface area (Å²) in [6.45, 7) is 0.131. The maximum Gasteiger partial charge on any atom is 0.0682 e. The first-order chi connectivity index (χ1) is 5.76. The summed E-state index contributed by atoms with van der Waals surface area (Å²) >= 11 is 2.27. The normalized spacial score (nSPS) is 10.2. The van der Waals surface area contributed by atoms with Crippen molar-refractivity contribution >= 4 is 32.8 Å². The van der Waals surface area contributed by atoms with Gasteiger partial charge in [-0.15, -0.1) is 0 Å². The van der Waals surface area contributed by atoms with E-state index in [0.29, 0.717) is 0 Å². The molecule has 0 heterocycles. The van der Waals surface area contributed by atoms with Crippen LogP contribution in [0.15, 0.2) is 18.2 Å². The number of aryl methyl sites for hydroxylation is 1. The maximum absolute atomic E-state index is 8.94. The highest BCUT2D eigenvalue weighted by molar-refractivity contribution is 14.1. The standard InChI is InChI=1S/C9H10IOSi/c10-9-4-7(1-2-12)3-8(5-9)6-11/h3-5,11H,1-2,6H2. The van der Waals surface area contributed by atoms with Crippen molar-refractivity contribution in [3.05, 3.63) is 32.9 Å². The molecule has 0 aliphatic heterocycles. The Labute approximate surface area is 89.8 Å². The number of halogens is 1. The first kappa shape index (κ1) is 10.2. The van der Waals surface area contributed by atoms with Gasteiger partial charge in [-0.05, 0) is 52.3 Å². The average molecular weight is 289 g/mol. The van der Waals surface area contributed by atoms with Crippen LogP contribution >= 0.6 is 22.6 Å². The van der Waals surface area contributed by atoms with E-state index in [-0.39, 0.29) is 6.61 Å². The third-order valence-corrected chi connectivity index (χ3v) is 2.49. The Bertz CT molecular complexity index is 263. The number of aliphatic hydroxyl groups excluding tert-OH is 1. The molecular formula is C9H10IOSi. The zero-order valence-electron chi connectivity index (χ0n) is 6.68. The summed E-state index contributed by atoms with van der Waals surface area (Å²) in [4.78, 5) is 0. The predicted molar refractivity (Wildman–Crippen MR) is 59.3 cm³/mol. The second-order valence-electron chi connectivity index (χ2n) is 2.63. The van der Waals surface area contributed by atoms with Crippen LogP contribution in [-0.4, -0.2) is 15.3 Å². The number of hydrogen-bond donors (Lipinski definition) is 1. The first-order valence-electron chi connectivity index (χ1n) is 3.80. The van der Waals surface area contributed by atoms with E-state index in [1.165, 1.54) is 9.13 Å². The van der Waals surface area contributed by atoms with Crippen LogP contribution in [0, 0.1) is 3.57 Å². The Balaban J connectivity index is 2.90. The van der Waals surface area contributed by atoms with Gasteiger partial charge in [0.05, 0.1) is 6.61 Å². The fourth-order valence-electron chi connectivity index (χ4n) is 1.10. The van der Waals surface area contributed by atoms with Crippen molar-refractivity contribution in [2.75, 3.05) is 0 Å². The van der Waals surface area contributed by atoms with Gasteiger partial charge in [-0.2, -0.15) is 0 Å². The lowest BCUT2D eigenvalue weighted by Gasteiger charge is -2.03. The molecule has 0 atom stereocenters. The van der Waals surface area contributed by atoms with Crippen LogP contribution in [0.1, 0.15) is 11.1 Å². The van der Waals surface area contributed by atoms with Gasteiger partial charge in [0.15, 0.2) is 0 Å². The molecule has 3 heteroatoms. The lowest BCUT2D eigenvalue weighted by atomic mass is 10.1. The van der Waals surface area contributed by atoms with Crippen LogP contribution in [0.5, 0.6) is 0 Å². The van der Waals surface area contributed by atoms with Gasteiger partial charge in [0.1, 0.15) is 0 Å². The summed E-state index contributed by atoms with van der Waals surface area (Å²) < 4.78 is 1.19. The molecule has 63 valence electrons. The molecule has 0 fully saturated rings. The van der Waals surface area contributed by atoms with Crippen molar-refractivity contribution in [1.29, 1.82) is 0 Å². The second kappa shape index (κ2) is 4.99. The third kappa shape index (κ3) is 2.88. The van der Waals surface area contributed by atoms with E-state index in [1.54, 1.807) is 0 Å². The summed E-state index contributed by atoms with van der Waals surface area (Å²) in [6.07, 6.45) is 1.01. The smallest absolute Gasteiger partial charge is 0.0682 e. The molecular weight excluding hydrogens is 279 g/mol. The highest BCUT2D eigenvalue weighted by Crippen LogP contribution is 2.13. The first-order valence-corrected chi connectivity index (χ1v) is 5.58. The fourth-order valence-corrected chi connectivity index (χ4v) is 2.19. The summed E-state index contributed by atoms with van der Waals surface area (Å²) in [6, 6.07) is 7.14. The van der Waals surface area contributed by atoms with Gasteiger partial charge in [0.25, 0.3) is 0 Å². The average Bonchev–Trinajstić information content (AvgIpc) is 2.04. The molecule has 0 aliphatic rings. The van der Waals surface area contributed by atoms with E-state index in [0.717, 1.165) is 18.0 Å². The van der Waals surface area contributed by atoms with Crippen molar-refractivity contribution in [3.63, 3.8) is 0 Å². The lowest BCUT2D eigenvalue weighted by molar-refractivity contribution is 0.281. The van der Waals surface area contributed by atoms with Crippen LogP contribution in [0.3, 0.4) is 0 Å². The summed E-state index contributed by atoms with van der Waals surface area (Å²) in [5.41, 5.74) is 2.28. The van der Waals surface area contributed by atoms with E-state index < -0.39 is 0 Å². The minimum absolute atomic E-state index is 0.131. The van der Waals surface area contributed by atoms with E-state index in [4.69, 9.17) is 5.11 Å². The Hall–Kier alpha value is 0.127. The molecule has 0 saturated carbocycles. The van der Waals surface area contributed by atoms with Gasteiger partial charge < -0.3 is 5.11 Å². The molecule has 0 bridgehead atoms. The van der Waals surface area contributed by atoms with Crippen LogP contribution in [0.4, 0.5) is 0 Å². The van der Waals surface area contributed by atoms with E-state index in [9.17, 15) is 0 Å². The molecule has 0 unspecified atom stereocenters. The fraction of sp³-hybridized carbons (Fsp3) is 0.333. The zero-order valence-corrected chi connectivity index (χ0v) is 9.84. The van der Waals surface area contributed by atoms with Gasteiger partial charge in [-0.1, -0.05) is 12.1 Å². The molecule has 1 aromatic carbocycles. The molecule has 0 amide bonds. The monoisotopic (exact) mass is 289 g/mol. The van der Waals surface area contributed by atoms with Crippen molar-refractivity contribution in [3.8, 4) is 0 Å². The Morgan fingerprint density at radius 1 is 1.25 bits per heavy atom. The molecule has 0 spiro atoms. The molecule has 0 aliphatic carbocycles. The van der Waals surface area contributed by atoms with Gasteiger partial charge in [0, 0.05) is 13.8 Å². The number of benzene rings is 1.